The molecular formula is C19H15FO4. The van der Waals surface area contributed by atoms with Crippen LogP contribution in [0.5, 0.6) is 11.5 Å². The summed E-state index contributed by atoms with van der Waals surface area (Å²) < 4.78 is 29.6. The van der Waals surface area contributed by atoms with Gasteiger partial charge in [0.1, 0.15) is 23.1 Å². The van der Waals surface area contributed by atoms with Crippen molar-refractivity contribution in [2.75, 3.05) is 14.2 Å². The van der Waals surface area contributed by atoms with Crippen LogP contribution in [0.25, 0.3) is 11.8 Å². The van der Waals surface area contributed by atoms with Crippen molar-refractivity contribution in [1.82, 2.24) is 0 Å². The fraction of sp³-hybridized carbons (Fsp3) is 0.105. The predicted molar refractivity (Wildman–Crippen MR) is 88.0 cm³/mol. The highest BCUT2D eigenvalue weighted by molar-refractivity contribution is 6.05. The number of rotatable bonds is 4. The number of carbonyl (C=O) groups excluding carboxylic acids is 1. The fourth-order valence-electron chi connectivity index (χ4n) is 2.39. The molecule has 5 heteroatoms. The van der Waals surface area contributed by atoms with Crippen LogP contribution in [0.4, 0.5) is 4.39 Å². The van der Waals surface area contributed by atoms with Gasteiger partial charge in [-0.3, -0.25) is 0 Å². The Morgan fingerprint density at radius 3 is 2.58 bits per heavy atom. The lowest BCUT2D eigenvalue weighted by molar-refractivity contribution is -0.130. The maximum atomic E-state index is 13.8. The summed E-state index contributed by atoms with van der Waals surface area (Å²) >= 11 is 0. The zero-order valence-corrected chi connectivity index (χ0v) is 13.2. The van der Waals surface area contributed by atoms with Crippen molar-refractivity contribution in [3.63, 3.8) is 0 Å². The van der Waals surface area contributed by atoms with E-state index in [1.165, 1.54) is 19.3 Å². The number of halogens is 1. The summed E-state index contributed by atoms with van der Waals surface area (Å²) in [7, 11) is 3.07. The first-order valence-corrected chi connectivity index (χ1v) is 7.25. The Morgan fingerprint density at radius 2 is 1.88 bits per heavy atom. The van der Waals surface area contributed by atoms with Crippen LogP contribution in [0.1, 0.15) is 11.1 Å². The molecule has 0 spiro atoms. The van der Waals surface area contributed by atoms with Crippen LogP contribution in [-0.4, -0.2) is 20.2 Å². The Kier molecular flexibility index (Phi) is 4.33. The van der Waals surface area contributed by atoms with Gasteiger partial charge in [0.2, 0.25) is 0 Å². The number of methoxy groups -OCH3 is 2. The highest BCUT2D eigenvalue weighted by atomic mass is 19.1. The van der Waals surface area contributed by atoms with E-state index in [0.29, 0.717) is 28.4 Å². The Labute approximate surface area is 138 Å². The second-order valence-electron chi connectivity index (χ2n) is 5.09. The molecule has 0 unspecified atom stereocenters. The largest absolute Gasteiger partial charge is 0.497 e. The van der Waals surface area contributed by atoms with Crippen molar-refractivity contribution in [1.29, 1.82) is 0 Å². The van der Waals surface area contributed by atoms with Gasteiger partial charge in [0.15, 0.2) is 0 Å². The second kappa shape index (κ2) is 6.58. The minimum absolute atomic E-state index is 0.264. The molecule has 2 aromatic rings. The molecule has 4 nitrogen and oxygen atoms in total. The normalized spacial score (nSPS) is 15.2. The highest BCUT2D eigenvalue weighted by Crippen LogP contribution is 2.35. The van der Waals surface area contributed by atoms with Gasteiger partial charge < -0.3 is 14.2 Å². The molecular weight excluding hydrogens is 311 g/mol. The number of esters is 1. The summed E-state index contributed by atoms with van der Waals surface area (Å²) in [6.07, 6.45) is 3.02. The molecule has 0 bridgehead atoms. The Morgan fingerprint density at radius 1 is 1.08 bits per heavy atom. The molecule has 0 amide bonds. The summed E-state index contributed by atoms with van der Waals surface area (Å²) in [6.45, 7) is 0. The third kappa shape index (κ3) is 3.01. The first-order valence-electron chi connectivity index (χ1n) is 7.25. The highest BCUT2D eigenvalue weighted by Gasteiger charge is 2.25. The predicted octanol–water partition coefficient (Wildman–Crippen LogP) is 3.82. The average Bonchev–Trinajstić information content (AvgIpc) is 2.97. The zero-order chi connectivity index (χ0) is 17.1. The molecule has 0 aromatic heterocycles. The van der Waals surface area contributed by atoms with E-state index in [4.69, 9.17) is 14.2 Å². The van der Waals surface area contributed by atoms with E-state index in [0.717, 1.165) is 0 Å². The molecule has 122 valence electrons. The molecule has 0 radical (unpaired) electrons. The molecule has 0 saturated carbocycles. The molecule has 0 N–H and O–H groups in total. The molecule has 1 heterocycles. The fourth-order valence-corrected chi connectivity index (χ4v) is 2.39. The number of hydrogen-bond acceptors (Lipinski definition) is 4. The quantitative estimate of drug-likeness (QED) is 0.633. The first kappa shape index (κ1) is 15.8. The number of benzene rings is 2. The van der Waals surface area contributed by atoms with Gasteiger partial charge in [-0.15, -0.1) is 0 Å². The van der Waals surface area contributed by atoms with Gasteiger partial charge in [-0.2, -0.15) is 0 Å². The molecule has 0 fully saturated rings. The summed E-state index contributed by atoms with van der Waals surface area (Å²) in [6, 6.07) is 11.4. The van der Waals surface area contributed by atoms with Gasteiger partial charge in [0, 0.05) is 5.56 Å². The standard InChI is InChI=1S/C19H15FO4/c1-22-14-7-8-17(23-2)15(11-14)18-10-13(19(21)24-18)9-12-5-3-4-6-16(12)20/h3-11H,1-2H3/b13-9-. The van der Waals surface area contributed by atoms with Crippen LogP contribution in [0, 0.1) is 5.82 Å². The molecule has 0 saturated heterocycles. The molecule has 2 aromatic carbocycles. The number of carbonyl (C=O) groups is 1. The van der Waals surface area contributed by atoms with Crippen LogP contribution in [0.3, 0.4) is 0 Å². The maximum absolute atomic E-state index is 13.8. The van der Waals surface area contributed by atoms with Crippen molar-refractivity contribution >= 4 is 17.8 Å². The molecule has 1 aliphatic rings. The van der Waals surface area contributed by atoms with Gasteiger partial charge in [-0.1, -0.05) is 18.2 Å². The molecule has 0 atom stereocenters. The number of hydrogen-bond donors (Lipinski definition) is 0. The van der Waals surface area contributed by atoms with E-state index in [9.17, 15) is 9.18 Å². The van der Waals surface area contributed by atoms with Crippen LogP contribution in [0.2, 0.25) is 0 Å². The van der Waals surface area contributed by atoms with Crippen molar-refractivity contribution in [2.45, 2.75) is 0 Å². The van der Waals surface area contributed by atoms with Crippen molar-refractivity contribution in [3.8, 4) is 11.5 Å². The third-order valence-corrected chi connectivity index (χ3v) is 3.61. The van der Waals surface area contributed by atoms with E-state index in [2.05, 4.69) is 0 Å². The van der Waals surface area contributed by atoms with Gasteiger partial charge in [0.25, 0.3) is 0 Å². The minimum Gasteiger partial charge on any atom is -0.497 e. The van der Waals surface area contributed by atoms with Crippen LogP contribution >= 0.6 is 0 Å². The van der Waals surface area contributed by atoms with Crippen molar-refractivity contribution in [3.05, 3.63) is 71.1 Å². The lowest BCUT2D eigenvalue weighted by Crippen LogP contribution is -1.99. The smallest absolute Gasteiger partial charge is 0.343 e. The van der Waals surface area contributed by atoms with Crippen molar-refractivity contribution < 1.29 is 23.4 Å². The summed E-state index contributed by atoms with van der Waals surface area (Å²) in [5, 5.41) is 0. The summed E-state index contributed by atoms with van der Waals surface area (Å²) in [5.41, 5.74) is 1.17. The molecule has 24 heavy (non-hydrogen) atoms. The monoisotopic (exact) mass is 326 g/mol. The number of cyclic esters (lactones) is 1. The second-order valence-corrected chi connectivity index (χ2v) is 5.09. The third-order valence-electron chi connectivity index (χ3n) is 3.61. The summed E-state index contributed by atoms with van der Waals surface area (Å²) in [4.78, 5) is 12.1. The Balaban J connectivity index is 2.02. The van der Waals surface area contributed by atoms with Crippen LogP contribution in [-0.2, 0) is 9.53 Å². The maximum Gasteiger partial charge on any atom is 0.343 e. The van der Waals surface area contributed by atoms with Gasteiger partial charge >= 0.3 is 5.97 Å². The van der Waals surface area contributed by atoms with E-state index in [1.807, 2.05) is 0 Å². The van der Waals surface area contributed by atoms with E-state index in [1.54, 1.807) is 49.6 Å². The Bertz CT molecular complexity index is 852. The summed E-state index contributed by atoms with van der Waals surface area (Å²) in [5.74, 6) is 0.534. The van der Waals surface area contributed by atoms with Crippen molar-refractivity contribution in [2.24, 2.45) is 0 Å². The lowest BCUT2D eigenvalue weighted by Gasteiger charge is -2.10. The van der Waals surface area contributed by atoms with E-state index < -0.39 is 11.8 Å². The van der Waals surface area contributed by atoms with Gasteiger partial charge in [-0.25, -0.2) is 9.18 Å². The average molecular weight is 326 g/mol. The SMILES string of the molecule is COc1ccc(OC)c(C2=C/C(=C/c3ccccc3F)C(=O)O2)c1. The lowest BCUT2D eigenvalue weighted by atomic mass is 10.1. The first-order chi connectivity index (χ1) is 11.6. The molecule has 1 aliphatic heterocycles. The Hall–Kier alpha value is -3.08. The topological polar surface area (TPSA) is 44.8 Å². The molecule has 3 rings (SSSR count). The van der Waals surface area contributed by atoms with E-state index in [-0.39, 0.29) is 5.57 Å². The van der Waals surface area contributed by atoms with Crippen LogP contribution in [0.15, 0.2) is 54.1 Å². The zero-order valence-electron chi connectivity index (χ0n) is 13.2. The van der Waals surface area contributed by atoms with E-state index >= 15 is 0 Å². The van der Waals surface area contributed by atoms with Gasteiger partial charge in [0.05, 0.1) is 25.4 Å². The van der Waals surface area contributed by atoms with Gasteiger partial charge in [-0.05, 0) is 36.4 Å². The molecule has 0 aliphatic carbocycles. The number of ether oxygens (including phenoxy) is 3. The minimum atomic E-state index is -0.543. The van der Waals surface area contributed by atoms with Crippen LogP contribution < -0.4 is 9.47 Å².